The number of rotatable bonds is 2. The van der Waals surface area contributed by atoms with Crippen LogP contribution < -0.4 is 9.64 Å². The van der Waals surface area contributed by atoms with Gasteiger partial charge in [-0.1, -0.05) is 42.8 Å². The molecule has 4 aliphatic rings. The zero-order valence-electron chi connectivity index (χ0n) is 26.8. The van der Waals surface area contributed by atoms with Crippen molar-refractivity contribution in [2.75, 3.05) is 52.4 Å². The van der Waals surface area contributed by atoms with Crippen LogP contribution in [0.1, 0.15) is 55.7 Å². The van der Waals surface area contributed by atoms with Crippen LogP contribution >= 0.6 is 11.6 Å². The molecule has 9 heteroatoms. The third-order valence-electron chi connectivity index (χ3n) is 10.7. The normalized spacial score (nSPS) is 32.4. The number of esters is 1. The molecule has 0 saturated heterocycles. The number of fused-ring (bicyclic) bond motifs is 4. The van der Waals surface area contributed by atoms with Crippen LogP contribution in [0.15, 0.2) is 48.6 Å². The minimum Gasteiger partial charge on any atom is -0.490 e. The number of hydrogen-bond acceptors (Lipinski definition) is 7. The molecular weight excluding hydrogens is 592 g/mol. The second kappa shape index (κ2) is 12.6. The SMILES string of the molecule is COC(=O)[C@@]1(O)CC(=O)N(C)C[C@H](C)/C=C/[C@H](OC)[C@@H]2CC[C@H]2CN2C[C@@]3(CCCc4cc(Cl)ccc43)COc3ccc1cc32. The van der Waals surface area contributed by atoms with Crippen LogP contribution in [-0.2, 0) is 36.5 Å². The van der Waals surface area contributed by atoms with E-state index in [1.807, 2.05) is 18.2 Å². The van der Waals surface area contributed by atoms with Gasteiger partial charge in [-0.05, 0) is 90.8 Å². The molecule has 0 unspecified atom stereocenters. The van der Waals surface area contributed by atoms with E-state index in [2.05, 4.69) is 36.1 Å². The molecule has 2 aliphatic carbocycles. The summed E-state index contributed by atoms with van der Waals surface area (Å²) in [6, 6.07) is 11.6. The molecule has 0 aromatic heterocycles. The summed E-state index contributed by atoms with van der Waals surface area (Å²) in [7, 11) is 4.71. The molecular formula is C36H45ClN2O6. The fourth-order valence-corrected chi connectivity index (χ4v) is 8.21. The monoisotopic (exact) mass is 636 g/mol. The van der Waals surface area contributed by atoms with Crippen molar-refractivity contribution in [2.45, 2.75) is 62.6 Å². The van der Waals surface area contributed by atoms with Crippen molar-refractivity contribution in [1.29, 1.82) is 0 Å². The zero-order chi connectivity index (χ0) is 31.9. The Bertz CT molecular complexity index is 1480. The molecule has 45 heavy (non-hydrogen) atoms. The van der Waals surface area contributed by atoms with Crippen LogP contribution in [0.25, 0.3) is 0 Å². The second-order valence-electron chi connectivity index (χ2n) is 13.7. The van der Waals surface area contributed by atoms with Crippen LogP contribution in [0.3, 0.4) is 0 Å². The number of aryl methyl sites for hydroxylation is 1. The van der Waals surface area contributed by atoms with Gasteiger partial charge in [0, 0.05) is 44.2 Å². The third kappa shape index (κ3) is 5.97. The van der Waals surface area contributed by atoms with Crippen molar-refractivity contribution >= 4 is 29.2 Å². The van der Waals surface area contributed by atoms with Crippen LogP contribution in [0, 0.1) is 17.8 Å². The molecule has 242 valence electrons. The lowest BCUT2D eigenvalue weighted by molar-refractivity contribution is -0.168. The van der Waals surface area contributed by atoms with Crippen LogP contribution in [-0.4, -0.2) is 75.5 Å². The first-order chi connectivity index (χ1) is 21.6. The number of nitrogens with zero attached hydrogens (tertiary/aromatic N) is 2. The summed E-state index contributed by atoms with van der Waals surface area (Å²) in [5, 5.41) is 12.7. The van der Waals surface area contributed by atoms with Gasteiger partial charge in [-0.25, -0.2) is 4.79 Å². The molecule has 1 saturated carbocycles. The van der Waals surface area contributed by atoms with Gasteiger partial charge in [0.2, 0.25) is 5.91 Å². The average molecular weight is 637 g/mol. The molecule has 1 fully saturated rings. The fourth-order valence-electron chi connectivity index (χ4n) is 8.01. The lowest BCUT2D eigenvalue weighted by Gasteiger charge is -2.46. The van der Waals surface area contributed by atoms with E-state index in [-0.39, 0.29) is 23.3 Å². The van der Waals surface area contributed by atoms with E-state index in [0.29, 0.717) is 42.8 Å². The minimum absolute atomic E-state index is 0.0231. The zero-order valence-corrected chi connectivity index (χ0v) is 27.5. The Balaban J connectivity index is 1.47. The maximum atomic E-state index is 13.5. The molecule has 2 bridgehead atoms. The Morgan fingerprint density at radius 3 is 2.67 bits per heavy atom. The summed E-state index contributed by atoms with van der Waals surface area (Å²) in [4.78, 5) is 30.7. The smallest absolute Gasteiger partial charge is 0.343 e. The summed E-state index contributed by atoms with van der Waals surface area (Å²) < 4.78 is 17.7. The van der Waals surface area contributed by atoms with E-state index in [1.54, 1.807) is 25.1 Å². The molecule has 0 radical (unpaired) electrons. The summed E-state index contributed by atoms with van der Waals surface area (Å²) in [5.74, 6) is 0.269. The number of anilines is 1. The number of carbonyl (C=O) groups excluding carboxylic acids is 2. The number of carbonyl (C=O) groups is 2. The van der Waals surface area contributed by atoms with Crippen molar-refractivity contribution in [3.05, 3.63) is 70.3 Å². The van der Waals surface area contributed by atoms with E-state index in [4.69, 9.17) is 25.8 Å². The van der Waals surface area contributed by atoms with Gasteiger partial charge in [-0.3, -0.25) is 4.79 Å². The predicted molar refractivity (Wildman–Crippen MR) is 174 cm³/mol. The predicted octanol–water partition coefficient (Wildman–Crippen LogP) is 5.27. The Labute approximate surface area is 271 Å². The van der Waals surface area contributed by atoms with Gasteiger partial charge in [0.1, 0.15) is 5.75 Å². The van der Waals surface area contributed by atoms with Gasteiger partial charge in [-0.2, -0.15) is 0 Å². The molecule has 2 heterocycles. The molecule has 2 aromatic rings. The number of methoxy groups -OCH3 is 2. The van der Waals surface area contributed by atoms with Gasteiger partial charge >= 0.3 is 5.97 Å². The highest BCUT2D eigenvalue weighted by atomic mass is 35.5. The Hall–Kier alpha value is -3.07. The highest BCUT2D eigenvalue weighted by molar-refractivity contribution is 6.30. The van der Waals surface area contributed by atoms with Gasteiger partial charge in [-0.15, -0.1) is 0 Å². The average Bonchev–Trinajstić information content (AvgIpc) is 3.16. The summed E-state index contributed by atoms with van der Waals surface area (Å²) >= 11 is 6.44. The highest BCUT2D eigenvalue weighted by Crippen LogP contribution is 2.48. The molecule has 2 aliphatic heterocycles. The highest BCUT2D eigenvalue weighted by Gasteiger charge is 2.46. The molecule has 1 N–H and O–H groups in total. The van der Waals surface area contributed by atoms with Crippen molar-refractivity contribution in [2.24, 2.45) is 17.8 Å². The number of hydrogen-bond donors (Lipinski definition) is 1. The molecule has 8 nitrogen and oxygen atoms in total. The summed E-state index contributed by atoms with van der Waals surface area (Å²) in [6.45, 7) is 4.49. The quantitative estimate of drug-likeness (QED) is 0.355. The largest absolute Gasteiger partial charge is 0.490 e. The van der Waals surface area contributed by atoms with Crippen LogP contribution in [0.2, 0.25) is 5.02 Å². The summed E-state index contributed by atoms with van der Waals surface area (Å²) in [5.41, 5.74) is 1.25. The van der Waals surface area contributed by atoms with E-state index in [0.717, 1.165) is 49.4 Å². The first kappa shape index (κ1) is 31.9. The Kier molecular flexibility index (Phi) is 8.94. The van der Waals surface area contributed by atoms with E-state index in [9.17, 15) is 14.7 Å². The van der Waals surface area contributed by atoms with Gasteiger partial charge < -0.3 is 29.1 Å². The first-order valence-corrected chi connectivity index (χ1v) is 16.5. The number of ether oxygens (including phenoxy) is 3. The van der Waals surface area contributed by atoms with E-state index in [1.165, 1.54) is 18.2 Å². The Morgan fingerprint density at radius 1 is 1.11 bits per heavy atom. The first-order valence-electron chi connectivity index (χ1n) is 16.1. The topological polar surface area (TPSA) is 88.5 Å². The summed E-state index contributed by atoms with van der Waals surface area (Å²) in [6.07, 6.45) is 8.96. The molecule has 6 atom stereocenters. The maximum absolute atomic E-state index is 13.5. The number of aliphatic hydroxyl groups is 1. The van der Waals surface area contributed by atoms with E-state index >= 15 is 0 Å². The van der Waals surface area contributed by atoms with Crippen LogP contribution in [0.4, 0.5) is 5.69 Å². The van der Waals surface area contributed by atoms with Crippen molar-refractivity contribution < 1.29 is 28.9 Å². The molecule has 1 spiro atoms. The Morgan fingerprint density at radius 2 is 1.93 bits per heavy atom. The van der Waals surface area contributed by atoms with Crippen molar-refractivity contribution in [3.8, 4) is 5.75 Å². The number of amides is 1. The van der Waals surface area contributed by atoms with Crippen molar-refractivity contribution in [1.82, 2.24) is 4.90 Å². The molecule has 6 rings (SSSR count). The molecule has 2 aromatic carbocycles. The van der Waals surface area contributed by atoms with Crippen molar-refractivity contribution in [3.63, 3.8) is 0 Å². The van der Waals surface area contributed by atoms with E-state index < -0.39 is 18.0 Å². The molecule has 1 amide bonds. The van der Waals surface area contributed by atoms with Gasteiger partial charge in [0.25, 0.3) is 0 Å². The second-order valence-corrected chi connectivity index (χ2v) is 14.1. The number of benzene rings is 2. The van der Waals surface area contributed by atoms with Gasteiger partial charge in [0.05, 0.1) is 31.9 Å². The third-order valence-corrected chi connectivity index (χ3v) is 10.9. The maximum Gasteiger partial charge on any atom is 0.343 e. The number of halogens is 1. The van der Waals surface area contributed by atoms with Gasteiger partial charge in [0.15, 0.2) is 5.60 Å². The fraction of sp³-hybridized carbons (Fsp3) is 0.556. The standard InChI is InChI=1S/C36H45ClN2O6/c1-23-7-13-31(43-3)28-11-8-25(28)20-39-21-35(15-5-6-24-16-27(37)10-12-29(24)35)22-45-32-14-9-26(17-30(32)39)36(42,34(41)44-4)18-33(40)38(2)19-23/h7,9-10,12-14,16-17,23,25,28,31,42H,5-6,8,11,15,18-22H2,1-4H3/b13-7+/t23-,25+,28-,31+,35+,36-/m1/s1. The van der Waals surface area contributed by atoms with Crippen LogP contribution in [0.5, 0.6) is 5.75 Å². The lowest BCUT2D eigenvalue weighted by atomic mass is 9.68. The lowest BCUT2D eigenvalue weighted by Crippen LogP contribution is -2.49. The minimum atomic E-state index is -2.16.